The Morgan fingerprint density at radius 2 is 2.00 bits per heavy atom. The SMILES string of the molecule is O=C(O)CC(F)(F)C1CCOCC1. The Morgan fingerprint density at radius 1 is 1.46 bits per heavy atom. The van der Waals surface area contributed by atoms with Crippen molar-refractivity contribution in [3.63, 3.8) is 0 Å². The summed E-state index contributed by atoms with van der Waals surface area (Å²) in [5.74, 6) is -5.37. The number of carboxylic acids is 1. The van der Waals surface area contributed by atoms with Gasteiger partial charge in [0.05, 0.1) is 0 Å². The number of alkyl halides is 2. The Bertz CT molecular complexity index is 188. The first-order chi connectivity index (χ1) is 6.02. The van der Waals surface area contributed by atoms with E-state index in [4.69, 9.17) is 9.84 Å². The van der Waals surface area contributed by atoms with Gasteiger partial charge < -0.3 is 9.84 Å². The first-order valence-electron chi connectivity index (χ1n) is 4.20. The summed E-state index contributed by atoms with van der Waals surface area (Å²) in [6.07, 6.45) is -0.571. The fourth-order valence-electron chi connectivity index (χ4n) is 1.47. The van der Waals surface area contributed by atoms with E-state index in [1.165, 1.54) is 0 Å². The molecule has 0 unspecified atom stereocenters. The molecule has 1 aliphatic rings. The van der Waals surface area contributed by atoms with Crippen LogP contribution in [0.1, 0.15) is 19.3 Å². The van der Waals surface area contributed by atoms with Crippen molar-refractivity contribution >= 4 is 5.97 Å². The highest BCUT2D eigenvalue weighted by Gasteiger charge is 2.41. The van der Waals surface area contributed by atoms with Gasteiger partial charge in [0, 0.05) is 19.1 Å². The minimum atomic E-state index is -3.09. The number of ether oxygens (including phenoxy) is 1. The lowest BCUT2D eigenvalue weighted by molar-refractivity contribution is -0.153. The van der Waals surface area contributed by atoms with Crippen LogP contribution in [0.3, 0.4) is 0 Å². The van der Waals surface area contributed by atoms with E-state index in [9.17, 15) is 13.6 Å². The fourth-order valence-corrected chi connectivity index (χ4v) is 1.47. The topological polar surface area (TPSA) is 46.5 Å². The van der Waals surface area contributed by atoms with E-state index in [0.717, 1.165) is 0 Å². The molecule has 1 saturated heterocycles. The van der Waals surface area contributed by atoms with Crippen LogP contribution >= 0.6 is 0 Å². The van der Waals surface area contributed by atoms with Gasteiger partial charge in [-0.05, 0) is 12.8 Å². The zero-order valence-corrected chi connectivity index (χ0v) is 7.13. The molecule has 0 aromatic carbocycles. The third-order valence-electron chi connectivity index (χ3n) is 2.21. The summed E-state index contributed by atoms with van der Waals surface area (Å²) in [5, 5.41) is 8.27. The molecule has 13 heavy (non-hydrogen) atoms. The molecule has 0 saturated carbocycles. The smallest absolute Gasteiger partial charge is 0.309 e. The summed E-state index contributed by atoms with van der Waals surface area (Å²) in [6, 6.07) is 0. The van der Waals surface area contributed by atoms with Crippen molar-refractivity contribution in [2.75, 3.05) is 13.2 Å². The maximum absolute atomic E-state index is 13.1. The highest BCUT2D eigenvalue weighted by molar-refractivity contribution is 5.67. The summed E-state index contributed by atoms with van der Waals surface area (Å²) >= 11 is 0. The molecule has 76 valence electrons. The van der Waals surface area contributed by atoms with Crippen LogP contribution in [0.15, 0.2) is 0 Å². The normalized spacial score (nSPS) is 20.2. The molecule has 0 amide bonds. The third kappa shape index (κ3) is 2.91. The second-order valence-corrected chi connectivity index (χ2v) is 3.22. The van der Waals surface area contributed by atoms with Crippen LogP contribution in [0.25, 0.3) is 0 Å². The van der Waals surface area contributed by atoms with Crippen molar-refractivity contribution in [2.24, 2.45) is 5.92 Å². The van der Waals surface area contributed by atoms with E-state index in [0.29, 0.717) is 13.2 Å². The lowest BCUT2D eigenvalue weighted by Gasteiger charge is -2.28. The molecule has 1 heterocycles. The first-order valence-corrected chi connectivity index (χ1v) is 4.20. The Kier molecular flexibility index (Phi) is 3.19. The van der Waals surface area contributed by atoms with Crippen LogP contribution in [0, 0.1) is 5.92 Å². The molecular weight excluding hydrogens is 182 g/mol. The maximum Gasteiger partial charge on any atom is 0.309 e. The van der Waals surface area contributed by atoms with E-state index in [-0.39, 0.29) is 12.8 Å². The average Bonchev–Trinajstić information content (AvgIpc) is 2.04. The van der Waals surface area contributed by atoms with Gasteiger partial charge in [-0.2, -0.15) is 0 Å². The number of halogens is 2. The maximum atomic E-state index is 13.1. The molecule has 0 aromatic heterocycles. The quantitative estimate of drug-likeness (QED) is 0.740. The minimum absolute atomic E-state index is 0.250. The number of rotatable bonds is 3. The molecule has 0 radical (unpaired) electrons. The number of hydrogen-bond acceptors (Lipinski definition) is 2. The molecule has 0 aliphatic carbocycles. The Labute approximate surface area is 74.7 Å². The monoisotopic (exact) mass is 194 g/mol. The molecule has 0 atom stereocenters. The molecule has 1 N–H and O–H groups in total. The van der Waals surface area contributed by atoms with Gasteiger partial charge in [0.2, 0.25) is 0 Å². The van der Waals surface area contributed by atoms with Crippen LogP contribution in [0.4, 0.5) is 8.78 Å². The Balaban J connectivity index is 2.50. The number of aliphatic carboxylic acids is 1. The van der Waals surface area contributed by atoms with Gasteiger partial charge in [-0.25, -0.2) is 8.78 Å². The van der Waals surface area contributed by atoms with E-state index >= 15 is 0 Å². The van der Waals surface area contributed by atoms with Crippen molar-refractivity contribution in [1.29, 1.82) is 0 Å². The summed E-state index contributed by atoms with van der Waals surface area (Å²) < 4.78 is 31.2. The van der Waals surface area contributed by atoms with Crippen molar-refractivity contribution in [3.8, 4) is 0 Å². The summed E-state index contributed by atoms with van der Waals surface area (Å²) in [7, 11) is 0. The highest BCUT2D eigenvalue weighted by Crippen LogP contribution is 2.34. The van der Waals surface area contributed by atoms with Crippen LogP contribution in [0.5, 0.6) is 0 Å². The van der Waals surface area contributed by atoms with Gasteiger partial charge in [0.25, 0.3) is 5.92 Å². The largest absolute Gasteiger partial charge is 0.481 e. The van der Waals surface area contributed by atoms with Gasteiger partial charge >= 0.3 is 5.97 Å². The zero-order chi connectivity index (χ0) is 9.90. The molecule has 0 aromatic rings. The van der Waals surface area contributed by atoms with Gasteiger partial charge in [-0.1, -0.05) is 0 Å². The van der Waals surface area contributed by atoms with Crippen LogP contribution in [-0.4, -0.2) is 30.2 Å². The predicted molar refractivity (Wildman–Crippen MR) is 40.7 cm³/mol. The molecule has 3 nitrogen and oxygen atoms in total. The third-order valence-corrected chi connectivity index (χ3v) is 2.21. The van der Waals surface area contributed by atoms with Crippen molar-refractivity contribution in [2.45, 2.75) is 25.2 Å². The average molecular weight is 194 g/mol. The molecular formula is C8H12F2O3. The second-order valence-electron chi connectivity index (χ2n) is 3.22. The second kappa shape index (κ2) is 4.00. The van der Waals surface area contributed by atoms with E-state index < -0.39 is 24.2 Å². The zero-order valence-electron chi connectivity index (χ0n) is 7.13. The molecule has 0 bridgehead atoms. The lowest BCUT2D eigenvalue weighted by atomic mass is 9.91. The lowest BCUT2D eigenvalue weighted by Crippen LogP contribution is -2.35. The van der Waals surface area contributed by atoms with Crippen LogP contribution < -0.4 is 0 Å². The molecule has 0 spiro atoms. The molecule has 1 fully saturated rings. The number of hydrogen-bond donors (Lipinski definition) is 1. The first kappa shape index (κ1) is 10.4. The number of carboxylic acid groups (broad SMARTS) is 1. The minimum Gasteiger partial charge on any atom is -0.481 e. The molecule has 1 rings (SSSR count). The van der Waals surface area contributed by atoms with Crippen molar-refractivity contribution in [3.05, 3.63) is 0 Å². The summed E-state index contributed by atoms with van der Waals surface area (Å²) in [6.45, 7) is 0.611. The van der Waals surface area contributed by atoms with E-state index in [1.54, 1.807) is 0 Å². The van der Waals surface area contributed by atoms with Gasteiger partial charge in [0.1, 0.15) is 6.42 Å². The van der Waals surface area contributed by atoms with Gasteiger partial charge in [-0.15, -0.1) is 0 Å². The van der Waals surface area contributed by atoms with E-state index in [2.05, 4.69) is 0 Å². The van der Waals surface area contributed by atoms with E-state index in [1.807, 2.05) is 0 Å². The summed E-state index contributed by atoms with van der Waals surface area (Å²) in [5.41, 5.74) is 0. The van der Waals surface area contributed by atoms with Crippen LogP contribution in [-0.2, 0) is 9.53 Å². The Morgan fingerprint density at radius 3 is 2.46 bits per heavy atom. The predicted octanol–water partition coefficient (Wildman–Crippen LogP) is 1.52. The highest BCUT2D eigenvalue weighted by atomic mass is 19.3. The van der Waals surface area contributed by atoms with Gasteiger partial charge in [-0.3, -0.25) is 4.79 Å². The van der Waals surface area contributed by atoms with Crippen molar-refractivity contribution < 1.29 is 23.4 Å². The number of carbonyl (C=O) groups is 1. The molecule has 5 heteroatoms. The fraction of sp³-hybridized carbons (Fsp3) is 0.875. The van der Waals surface area contributed by atoms with Crippen molar-refractivity contribution in [1.82, 2.24) is 0 Å². The summed E-state index contributed by atoms with van der Waals surface area (Å²) in [4.78, 5) is 10.1. The van der Waals surface area contributed by atoms with Crippen LogP contribution in [0.2, 0.25) is 0 Å². The van der Waals surface area contributed by atoms with Gasteiger partial charge in [0.15, 0.2) is 0 Å². The Hall–Kier alpha value is -0.710. The molecule has 1 aliphatic heterocycles. The standard InChI is InChI=1S/C8H12F2O3/c9-8(10,5-7(11)12)6-1-3-13-4-2-6/h6H,1-5H2,(H,11,12).